The molecule has 0 bridgehead atoms. The van der Waals surface area contributed by atoms with Gasteiger partial charge in [0.15, 0.2) is 6.29 Å². The summed E-state index contributed by atoms with van der Waals surface area (Å²) in [5.74, 6) is 2.41. The van der Waals surface area contributed by atoms with Crippen molar-refractivity contribution in [3.8, 4) is 12.0 Å². The molecule has 0 aliphatic heterocycles. The Labute approximate surface area is 68.6 Å². The van der Waals surface area contributed by atoms with E-state index in [1.807, 2.05) is 4.90 Å². The van der Waals surface area contributed by atoms with Crippen LogP contribution in [0.1, 0.15) is 27.7 Å². The van der Waals surface area contributed by atoms with Crippen LogP contribution in [-0.4, -0.2) is 23.3 Å². The van der Waals surface area contributed by atoms with Crippen molar-refractivity contribution in [3.05, 3.63) is 0 Å². The van der Waals surface area contributed by atoms with Crippen LogP contribution in [0, 0.1) is 12.0 Å². The normalized spacial score (nSPS) is 9.27. The fraction of sp³-hybridized carbons (Fsp3) is 0.667. The summed E-state index contributed by atoms with van der Waals surface area (Å²) >= 11 is 0. The zero-order chi connectivity index (χ0) is 8.85. The summed E-state index contributed by atoms with van der Waals surface area (Å²) in [5.41, 5.74) is 0. The minimum absolute atomic E-state index is 0.363. The molecule has 2 nitrogen and oxygen atoms in total. The quantitative estimate of drug-likeness (QED) is 0.338. The Bertz CT molecular complexity index is 166. The highest BCUT2D eigenvalue weighted by Gasteiger charge is 2.07. The van der Waals surface area contributed by atoms with Gasteiger partial charge in [0.25, 0.3) is 0 Å². The lowest BCUT2D eigenvalue weighted by Gasteiger charge is -2.25. The second-order valence-corrected chi connectivity index (χ2v) is 2.97. The van der Waals surface area contributed by atoms with Gasteiger partial charge in [0.2, 0.25) is 0 Å². The monoisotopic (exact) mass is 153 g/mol. The van der Waals surface area contributed by atoms with E-state index in [1.54, 1.807) is 0 Å². The van der Waals surface area contributed by atoms with Crippen molar-refractivity contribution in [2.24, 2.45) is 0 Å². The van der Waals surface area contributed by atoms with Crippen LogP contribution in [0.5, 0.6) is 0 Å². The predicted molar refractivity (Wildman–Crippen MR) is 46.0 cm³/mol. The van der Waals surface area contributed by atoms with Gasteiger partial charge in [0.1, 0.15) is 0 Å². The maximum atomic E-state index is 9.95. The topological polar surface area (TPSA) is 20.3 Å². The Kier molecular flexibility index (Phi) is 4.36. The van der Waals surface area contributed by atoms with E-state index in [4.69, 9.17) is 0 Å². The van der Waals surface area contributed by atoms with Crippen molar-refractivity contribution in [1.29, 1.82) is 0 Å². The molecule has 11 heavy (non-hydrogen) atoms. The smallest absolute Gasteiger partial charge is 0.194 e. The van der Waals surface area contributed by atoms with Gasteiger partial charge in [0, 0.05) is 18.1 Å². The molecule has 0 fully saturated rings. The van der Waals surface area contributed by atoms with E-state index in [2.05, 4.69) is 39.7 Å². The molecule has 0 aromatic heterocycles. The van der Waals surface area contributed by atoms with Crippen LogP contribution in [-0.2, 0) is 4.79 Å². The van der Waals surface area contributed by atoms with Crippen LogP contribution in [0.2, 0.25) is 0 Å². The van der Waals surface area contributed by atoms with Gasteiger partial charge in [-0.1, -0.05) is 0 Å². The Morgan fingerprint density at radius 1 is 1.18 bits per heavy atom. The van der Waals surface area contributed by atoms with Gasteiger partial charge in [-0.15, -0.1) is 0 Å². The van der Waals surface area contributed by atoms with Gasteiger partial charge in [-0.05, 0) is 33.6 Å². The molecule has 0 saturated heterocycles. The van der Waals surface area contributed by atoms with Crippen molar-refractivity contribution in [3.63, 3.8) is 0 Å². The van der Waals surface area contributed by atoms with E-state index >= 15 is 0 Å². The largest absolute Gasteiger partial charge is 0.327 e. The maximum absolute atomic E-state index is 9.95. The molecule has 0 aromatic carbocycles. The average molecular weight is 153 g/mol. The first-order valence-corrected chi connectivity index (χ1v) is 3.82. The van der Waals surface area contributed by atoms with E-state index in [9.17, 15) is 4.79 Å². The fourth-order valence-corrected chi connectivity index (χ4v) is 0.955. The molecular formula is C9H15NO. The van der Waals surface area contributed by atoms with E-state index in [1.165, 1.54) is 0 Å². The molecule has 0 spiro atoms. The first-order chi connectivity index (χ1) is 5.09. The third-order valence-corrected chi connectivity index (χ3v) is 1.37. The highest BCUT2D eigenvalue weighted by Crippen LogP contribution is 2.01. The number of carbonyl (C=O) groups excluding carboxylic acids is 1. The fourth-order valence-electron chi connectivity index (χ4n) is 0.955. The molecule has 0 rings (SSSR count). The lowest BCUT2D eigenvalue weighted by atomic mass is 10.2. The summed E-state index contributed by atoms with van der Waals surface area (Å²) in [6.45, 7) is 8.22. The Hall–Kier alpha value is -0.970. The number of aldehydes is 1. The molecule has 0 aliphatic rings. The Balaban J connectivity index is 4.22. The lowest BCUT2D eigenvalue weighted by Crippen LogP contribution is -2.32. The molecule has 0 radical (unpaired) electrons. The van der Waals surface area contributed by atoms with Crippen LogP contribution < -0.4 is 0 Å². The number of hydrogen-bond acceptors (Lipinski definition) is 2. The second-order valence-electron chi connectivity index (χ2n) is 2.97. The predicted octanol–water partition coefficient (Wildman–Crippen LogP) is 1.26. The summed E-state index contributed by atoms with van der Waals surface area (Å²) in [7, 11) is 0. The van der Waals surface area contributed by atoms with Gasteiger partial charge in [-0.3, -0.25) is 4.79 Å². The van der Waals surface area contributed by atoms with Crippen LogP contribution in [0.4, 0.5) is 0 Å². The van der Waals surface area contributed by atoms with E-state index < -0.39 is 0 Å². The molecule has 0 aliphatic carbocycles. The molecule has 0 N–H and O–H groups in total. The summed E-state index contributed by atoms with van der Waals surface area (Å²) in [4.78, 5) is 11.9. The summed E-state index contributed by atoms with van der Waals surface area (Å²) in [6.07, 6.45) is 0.623. The van der Waals surface area contributed by atoms with E-state index in [0.717, 1.165) is 0 Å². The second kappa shape index (κ2) is 4.79. The average Bonchev–Trinajstić information content (AvgIpc) is 1.87. The van der Waals surface area contributed by atoms with E-state index in [0.29, 0.717) is 18.4 Å². The Morgan fingerprint density at radius 2 is 1.64 bits per heavy atom. The van der Waals surface area contributed by atoms with Gasteiger partial charge in [-0.25, -0.2) is 0 Å². The van der Waals surface area contributed by atoms with Crippen LogP contribution in [0.3, 0.4) is 0 Å². The van der Waals surface area contributed by atoms with Crippen molar-refractivity contribution >= 4 is 6.29 Å². The van der Waals surface area contributed by atoms with Gasteiger partial charge in [0.05, 0.1) is 0 Å². The van der Waals surface area contributed by atoms with Crippen LogP contribution in [0.15, 0.2) is 0 Å². The van der Waals surface area contributed by atoms with Crippen molar-refractivity contribution in [2.75, 3.05) is 0 Å². The van der Waals surface area contributed by atoms with Crippen LogP contribution in [0.25, 0.3) is 0 Å². The molecule has 0 saturated carbocycles. The number of hydrogen-bond donors (Lipinski definition) is 0. The minimum atomic E-state index is 0.363. The molecule has 62 valence electrons. The van der Waals surface area contributed by atoms with Crippen molar-refractivity contribution in [2.45, 2.75) is 39.8 Å². The molecule has 0 aromatic rings. The standard InChI is InChI=1S/C9H15NO/c1-8(2)10(9(3)4)6-5-7-11/h7-9H,1-4H3. The molecule has 0 amide bonds. The molecule has 0 heterocycles. The van der Waals surface area contributed by atoms with Crippen LogP contribution >= 0.6 is 0 Å². The Morgan fingerprint density at radius 3 is 1.91 bits per heavy atom. The van der Waals surface area contributed by atoms with Crippen molar-refractivity contribution in [1.82, 2.24) is 4.90 Å². The zero-order valence-corrected chi connectivity index (χ0v) is 7.59. The molecule has 2 heteroatoms. The molecule has 0 atom stereocenters. The highest BCUT2D eigenvalue weighted by atomic mass is 16.1. The minimum Gasteiger partial charge on any atom is -0.327 e. The number of nitrogens with zero attached hydrogens (tertiary/aromatic N) is 1. The first-order valence-electron chi connectivity index (χ1n) is 3.82. The number of carbonyl (C=O) groups is 1. The SMILES string of the molecule is CC(C)N(C#CC=O)C(C)C. The third kappa shape index (κ3) is 3.67. The first kappa shape index (κ1) is 10.0. The summed E-state index contributed by atoms with van der Waals surface area (Å²) in [5, 5.41) is 0. The van der Waals surface area contributed by atoms with Gasteiger partial charge >= 0.3 is 0 Å². The molecular weight excluding hydrogens is 138 g/mol. The van der Waals surface area contributed by atoms with Crippen molar-refractivity contribution < 1.29 is 4.79 Å². The summed E-state index contributed by atoms with van der Waals surface area (Å²) < 4.78 is 0. The zero-order valence-electron chi connectivity index (χ0n) is 7.59. The summed E-state index contributed by atoms with van der Waals surface area (Å²) in [6, 6.07) is 3.51. The van der Waals surface area contributed by atoms with Gasteiger partial charge in [-0.2, -0.15) is 0 Å². The maximum Gasteiger partial charge on any atom is 0.194 e. The highest BCUT2D eigenvalue weighted by molar-refractivity contribution is 5.72. The van der Waals surface area contributed by atoms with Gasteiger partial charge < -0.3 is 4.90 Å². The van der Waals surface area contributed by atoms with E-state index in [-0.39, 0.29) is 0 Å². The number of rotatable bonds is 2. The lowest BCUT2D eigenvalue weighted by molar-refractivity contribution is -0.103. The molecule has 0 unspecified atom stereocenters. The third-order valence-electron chi connectivity index (χ3n) is 1.37.